The minimum absolute atomic E-state index is 0.101. The van der Waals surface area contributed by atoms with Crippen molar-refractivity contribution in [1.29, 1.82) is 0 Å². The monoisotopic (exact) mass is 197 g/mol. The molecule has 0 radical (unpaired) electrons. The van der Waals surface area contributed by atoms with E-state index in [1.54, 1.807) is 33.2 Å². The van der Waals surface area contributed by atoms with Crippen LogP contribution in [-0.2, 0) is 7.05 Å². The molecule has 0 saturated carbocycles. The van der Waals surface area contributed by atoms with Crippen LogP contribution in [0.4, 0.5) is 0 Å². The van der Waals surface area contributed by atoms with Crippen LogP contribution in [-0.4, -0.2) is 32.9 Å². The minimum Gasteiger partial charge on any atom is -0.394 e. The molecule has 0 fully saturated rings. The number of nitrogens with one attached hydrogen (secondary N) is 1. The molecule has 5 heteroatoms. The molecule has 1 heterocycles. The number of carbonyl (C=O) groups excluding carboxylic acids is 1. The van der Waals surface area contributed by atoms with E-state index in [1.807, 2.05) is 0 Å². The number of hydrogen-bond donors (Lipinski definition) is 2. The maximum absolute atomic E-state index is 11.6. The lowest BCUT2D eigenvalue weighted by atomic mass is 10.1. The van der Waals surface area contributed by atoms with Gasteiger partial charge in [-0.2, -0.15) is 5.10 Å². The van der Waals surface area contributed by atoms with Gasteiger partial charge >= 0.3 is 0 Å². The normalized spacial score (nSPS) is 11.4. The van der Waals surface area contributed by atoms with Gasteiger partial charge in [-0.25, -0.2) is 0 Å². The first kappa shape index (κ1) is 10.7. The standard InChI is InChI=1S/C9H15N3O2/c1-9(2,6-13)11-8(14)7-4-5-10-12(7)3/h4-5,13H,6H2,1-3H3,(H,11,14). The first-order valence-corrected chi connectivity index (χ1v) is 4.37. The summed E-state index contributed by atoms with van der Waals surface area (Å²) in [6.07, 6.45) is 1.56. The lowest BCUT2D eigenvalue weighted by Gasteiger charge is -2.23. The zero-order chi connectivity index (χ0) is 10.8. The van der Waals surface area contributed by atoms with Crippen molar-refractivity contribution >= 4 is 5.91 Å². The molecule has 0 aromatic carbocycles. The number of aromatic nitrogens is 2. The number of aliphatic hydroxyl groups excluding tert-OH is 1. The molecular formula is C9H15N3O2. The molecule has 78 valence electrons. The molecule has 5 nitrogen and oxygen atoms in total. The van der Waals surface area contributed by atoms with Crippen molar-refractivity contribution in [2.45, 2.75) is 19.4 Å². The Morgan fingerprint density at radius 2 is 2.36 bits per heavy atom. The van der Waals surface area contributed by atoms with Crippen molar-refractivity contribution < 1.29 is 9.90 Å². The van der Waals surface area contributed by atoms with Crippen LogP contribution in [0.15, 0.2) is 12.3 Å². The molecule has 1 aromatic heterocycles. The van der Waals surface area contributed by atoms with Crippen molar-refractivity contribution in [2.75, 3.05) is 6.61 Å². The summed E-state index contributed by atoms with van der Waals surface area (Å²) in [5.41, 5.74) is -0.132. The van der Waals surface area contributed by atoms with E-state index in [0.717, 1.165) is 0 Å². The van der Waals surface area contributed by atoms with Gasteiger partial charge in [-0.1, -0.05) is 0 Å². The highest BCUT2D eigenvalue weighted by molar-refractivity contribution is 5.92. The van der Waals surface area contributed by atoms with Gasteiger partial charge in [0.05, 0.1) is 12.1 Å². The molecule has 0 atom stereocenters. The third-order valence-electron chi connectivity index (χ3n) is 1.90. The minimum atomic E-state index is -0.610. The summed E-state index contributed by atoms with van der Waals surface area (Å²) < 4.78 is 1.49. The Hall–Kier alpha value is -1.36. The molecule has 0 aliphatic carbocycles. The molecular weight excluding hydrogens is 182 g/mol. The van der Waals surface area contributed by atoms with Gasteiger partial charge in [-0.05, 0) is 19.9 Å². The van der Waals surface area contributed by atoms with E-state index in [-0.39, 0.29) is 12.5 Å². The molecule has 0 aliphatic rings. The molecule has 1 amide bonds. The fraction of sp³-hybridized carbons (Fsp3) is 0.556. The highest BCUT2D eigenvalue weighted by atomic mass is 16.3. The van der Waals surface area contributed by atoms with E-state index in [9.17, 15) is 4.79 Å². The van der Waals surface area contributed by atoms with Crippen LogP contribution in [0.25, 0.3) is 0 Å². The van der Waals surface area contributed by atoms with E-state index in [2.05, 4.69) is 10.4 Å². The zero-order valence-corrected chi connectivity index (χ0v) is 8.61. The maximum atomic E-state index is 11.6. The Kier molecular flexibility index (Phi) is 2.90. The molecule has 0 bridgehead atoms. The number of carbonyl (C=O) groups is 1. The quantitative estimate of drug-likeness (QED) is 0.712. The number of hydrogen-bond acceptors (Lipinski definition) is 3. The molecule has 0 unspecified atom stereocenters. The van der Waals surface area contributed by atoms with Crippen LogP contribution in [0.1, 0.15) is 24.3 Å². The maximum Gasteiger partial charge on any atom is 0.270 e. The summed E-state index contributed by atoms with van der Waals surface area (Å²) in [6.45, 7) is 3.40. The smallest absolute Gasteiger partial charge is 0.270 e. The van der Waals surface area contributed by atoms with Crippen molar-refractivity contribution in [2.24, 2.45) is 7.05 Å². The third-order valence-corrected chi connectivity index (χ3v) is 1.90. The predicted molar refractivity (Wildman–Crippen MR) is 51.8 cm³/mol. The first-order valence-electron chi connectivity index (χ1n) is 4.37. The molecule has 14 heavy (non-hydrogen) atoms. The Morgan fingerprint density at radius 3 is 2.79 bits per heavy atom. The molecule has 0 saturated heterocycles. The second-order valence-corrected chi connectivity index (χ2v) is 3.84. The Bertz CT molecular complexity index is 331. The lowest BCUT2D eigenvalue weighted by molar-refractivity contribution is 0.0859. The second-order valence-electron chi connectivity index (χ2n) is 3.84. The van der Waals surface area contributed by atoms with Gasteiger partial charge in [0, 0.05) is 13.2 Å². The van der Waals surface area contributed by atoms with E-state index in [0.29, 0.717) is 5.69 Å². The average Bonchev–Trinajstić information content (AvgIpc) is 2.51. The van der Waals surface area contributed by atoms with Crippen LogP contribution in [0.5, 0.6) is 0 Å². The van der Waals surface area contributed by atoms with E-state index in [1.165, 1.54) is 4.68 Å². The van der Waals surface area contributed by atoms with Crippen LogP contribution in [0.3, 0.4) is 0 Å². The average molecular weight is 197 g/mol. The SMILES string of the molecule is Cn1nccc1C(=O)NC(C)(C)CO. The Labute approximate surface area is 82.7 Å². The van der Waals surface area contributed by atoms with Crippen LogP contribution in [0, 0.1) is 0 Å². The fourth-order valence-corrected chi connectivity index (χ4v) is 1.01. The summed E-state index contributed by atoms with van der Waals surface area (Å²) in [4.78, 5) is 11.6. The van der Waals surface area contributed by atoms with Crippen LogP contribution >= 0.6 is 0 Å². The van der Waals surface area contributed by atoms with Gasteiger partial charge in [-0.15, -0.1) is 0 Å². The van der Waals surface area contributed by atoms with Crippen LogP contribution in [0.2, 0.25) is 0 Å². The molecule has 2 N–H and O–H groups in total. The van der Waals surface area contributed by atoms with Gasteiger partial charge in [0.15, 0.2) is 0 Å². The largest absolute Gasteiger partial charge is 0.394 e. The van der Waals surface area contributed by atoms with E-state index in [4.69, 9.17) is 5.11 Å². The Balaban J connectivity index is 2.73. The van der Waals surface area contributed by atoms with E-state index >= 15 is 0 Å². The number of aryl methyl sites for hydroxylation is 1. The van der Waals surface area contributed by atoms with E-state index < -0.39 is 5.54 Å². The van der Waals surface area contributed by atoms with Gasteiger partial charge in [-0.3, -0.25) is 9.48 Å². The summed E-state index contributed by atoms with van der Waals surface area (Å²) >= 11 is 0. The van der Waals surface area contributed by atoms with Crippen molar-refractivity contribution in [3.63, 3.8) is 0 Å². The number of amides is 1. The Morgan fingerprint density at radius 1 is 1.71 bits per heavy atom. The predicted octanol–water partition coefficient (Wildman–Crippen LogP) is -0.0792. The second kappa shape index (κ2) is 3.79. The molecule has 0 spiro atoms. The zero-order valence-electron chi connectivity index (χ0n) is 8.61. The topological polar surface area (TPSA) is 67.2 Å². The van der Waals surface area contributed by atoms with Gasteiger partial charge < -0.3 is 10.4 Å². The number of aliphatic hydroxyl groups is 1. The summed E-state index contributed by atoms with van der Waals surface area (Å²) in [7, 11) is 1.70. The van der Waals surface area contributed by atoms with Crippen molar-refractivity contribution in [3.8, 4) is 0 Å². The van der Waals surface area contributed by atoms with Crippen molar-refractivity contribution in [1.82, 2.24) is 15.1 Å². The highest BCUT2D eigenvalue weighted by Gasteiger charge is 2.21. The van der Waals surface area contributed by atoms with Crippen molar-refractivity contribution in [3.05, 3.63) is 18.0 Å². The van der Waals surface area contributed by atoms with Gasteiger partial charge in [0.1, 0.15) is 5.69 Å². The van der Waals surface area contributed by atoms with Gasteiger partial charge in [0.2, 0.25) is 0 Å². The molecule has 1 rings (SSSR count). The van der Waals surface area contributed by atoms with Gasteiger partial charge in [0.25, 0.3) is 5.91 Å². The van der Waals surface area contributed by atoms with Crippen LogP contribution < -0.4 is 5.32 Å². The summed E-state index contributed by atoms with van der Waals surface area (Å²) in [6, 6.07) is 1.63. The summed E-state index contributed by atoms with van der Waals surface area (Å²) in [5, 5.41) is 15.6. The summed E-state index contributed by atoms with van der Waals surface area (Å²) in [5.74, 6) is -0.232. The lowest BCUT2D eigenvalue weighted by Crippen LogP contribution is -2.46. The number of rotatable bonds is 3. The fourth-order valence-electron chi connectivity index (χ4n) is 1.01. The molecule has 0 aliphatic heterocycles. The highest BCUT2D eigenvalue weighted by Crippen LogP contribution is 2.03. The number of nitrogens with zero attached hydrogens (tertiary/aromatic N) is 2. The molecule has 1 aromatic rings. The third kappa shape index (κ3) is 2.32. The first-order chi connectivity index (χ1) is 6.46.